The smallest absolute Gasteiger partial charge is 0.132 e. The Balaban J connectivity index is 2.53. The molecule has 0 bridgehead atoms. The van der Waals surface area contributed by atoms with E-state index < -0.39 is 5.82 Å². The Labute approximate surface area is 88.3 Å². The van der Waals surface area contributed by atoms with Gasteiger partial charge in [-0.15, -0.1) is 0 Å². The van der Waals surface area contributed by atoms with E-state index >= 15 is 0 Å². The monoisotopic (exact) mass is 216 g/mol. The number of rotatable bonds is 5. The predicted octanol–water partition coefficient (Wildman–Crippen LogP) is 1.06. The molecular weight excluding hydrogens is 200 g/mol. The molecule has 0 unspecified atom stereocenters. The van der Waals surface area contributed by atoms with Crippen LogP contribution in [-0.2, 0) is 11.3 Å². The zero-order valence-corrected chi connectivity index (χ0v) is 8.97. The molecule has 0 radical (unpaired) electrons. The largest absolute Gasteiger partial charge is 0.379 e. The fourth-order valence-corrected chi connectivity index (χ4v) is 1.36. The van der Waals surface area contributed by atoms with Gasteiger partial charge < -0.3 is 10.1 Å². The predicted molar refractivity (Wildman–Crippen MR) is 53.3 cm³/mol. The Morgan fingerprint density at radius 3 is 2.80 bits per heavy atom. The average Bonchev–Trinajstić information content (AvgIpc) is 2.20. The van der Waals surface area contributed by atoms with E-state index in [1.54, 1.807) is 7.11 Å². The average molecular weight is 216 g/mol. The second-order valence-corrected chi connectivity index (χ2v) is 3.61. The van der Waals surface area contributed by atoms with Crippen LogP contribution >= 0.6 is 0 Å². The molecule has 2 N–H and O–H groups in total. The van der Waals surface area contributed by atoms with E-state index in [2.05, 4.69) is 0 Å². The first-order valence-corrected chi connectivity index (χ1v) is 4.89. The summed E-state index contributed by atoms with van der Waals surface area (Å²) in [6.45, 7) is 2.99. The van der Waals surface area contributed by atoms with Crippen molar-refractivity contribution in [2.24, 2.45) is 0 Å². The van der Waals surface area contributed by atoms with Crippen molar-refractivity contribution in [1.29, 1.82) is 0 Å². The maximum absolute atomic E-state index is 13.2. The summed E-state index contributed by atoms with van der Waals surface area (Å²) in [4.78, 5) is 0. The van der Waals surface area contributed by atoms with Crippen LogP contribution in [0.25, 0.3) is 0 Å². The third kappa shape index (κ3) is 3.93. The van der Waals surface area contributed by atoms with Crippen LogP contribution < -0.4 is 5.32 Å². The van der Waals surface area contributed by atoms with Gasteiger partial charge >= 0.3 is 0 Å². The Hall–Kier alpha value is -1.00. The van der Waals surface area contributed by atoms with Crippen molar-refractivity contribution in [3.05, 3.63) is 35.4 Å². The molecule has 0 spiro atoms. The first kappa shape index (κ1) is 12.1. The molecule has 0 aliphatic heterocycles. The molecule has 84 valence electrons. The highest BCUT2D eigenvalue weighted by molar-refractivity contribution is 5.17. The van der Waals surface area contributed by atoms with Crippen LogP contribution in [0.5, 0.6) is 0 Å². The molecule has 0 saturated carbocycles. The molecule has 0 amide bonds. The van der Waals surface area contributed by atoms with E-state index in [0.29, 0.717) is 18.7 Å². The maximum Gasteiger partial charge on any atom is 0.132 e. The molecule has 1 aromatic carbocycles. The Morgan fingerprint density at radius 2 is 2.13 bits per heavy atom. The lowest BCUT2D eigenvalue weighted by Crippen LogP contribution is -2.88. The summed E-state index contributed by atoms with van der Waals surface area (Å²) in [7, 11) is 1.62. The fraction of sp³-hybridized carbons (Fsp3) is 0.455. The number of halogens is 2. The number of methoxy groups -OCH3 is 1. The number of benzene rings is 1. The van der Waals surface area contributed by atoms with Gasteiger partial charge in [-0.05, 0) is 25.1 Å². The summed E-state index contributed by atoms with van der Waals surface area (Å²) in [5, 5.41) is 1.92. The number of hydrogen-bond donors (Lipinski definition) is 1. The fourth-order valence-electron chi connectivity index (χ4n) is 1.36. The molecule has 0 heterocycles. The highest BCUT2D eigenvalue weighted by Crippen LogP contribution is 2.07. The number of nitrogens with two attached hydrogens (primary N) is 1. The Morgan fingerprint density at radius 1 is 1.40 bits per heavy atom. The highest BCUT2D eigenvalue weighted by Gasteiger charge is 2.08. The van der Waals surface area contributed by atoms with Crippen LogP contribution in [0.4, 0.5) is 8.78 Å². The van der Waals surface area contributed by atoms with E-state index in [4.69, 9.17) is 4.74 Å². The van der Waals surface area contributed by atoms with E-state index in [1.807, 2.05) is 12.2 Å². The highest BCUT2D eigenvalue weighted by atomic mass is 19.1. The van der Waals surface area contributed by atoms with Gasteiger partial charge in [0.2, 0.25) is 0 Å². The summed E-state index contributed by atoms with van der Waals surface area (Å²) >= 11 is 0. The van der Waals surface area contributed by atoms with E-state index in [9.17, 15) is 8.78 Å². The minimum atomic E-state index is -0.404. The van der Waals surface area contributed by atoms with Crippen LogP contribution in [-0.4, -0.2) is 19.8 Å². The van der Waals surface area contributed by atoms with Crippen molar-refractivity contribution in [1.82, 2.24) is 0 Å². The third-order valence-corrected chi connectivity index (χ3v) is 2.18. The van der Waals surface area contributed by atoms with Crippen LogP contribution in [0.1, 0.15) is 12.5 Å². The third-order valence-electron chi connectivity index (χ3n) is 2.18. The van der Waals surface area contributed by atoms with Gasteiger partial charge in [-0.2, -0.15) is 0 Å². The minimum Gasteiger partial charge on any atom is -0.379 e. The van der Waals surface area contributed by atoms with Gasteiger partial charge in [-0.3, -0.25) is 0 Å². The van der Waals surface area contributed by atoms with Crippen molar-refractivity contribution in [2.75, 3.05) is 13.7 Å². The van der Waals surface area contributed by atoms with Crippen LogP contribution in [0.3, 0.4) is 0 Å². The molecule has 0 fully saturated rings. The van der Waals surface area contributed by atoms with Crippen LogP contribution in [0.2, 0.25) is 0 Å². The Bertz CT molecular complexity index is 317. The number of quaternary nitrogens is 1. The second kappa shape index (κ2) is 5.78. The molecule has 1 atom stereocenters. The molecule has 2 nitrogen and oxygen atoms in total. The van der Waals surface area contributed by atoms with Gasteiger partial charge in [-0.25, -0.2) is 8.78 Å². The topological polar surface area (TPSA) is 25.8 Å². The van der Waals surface area contributed by atoms with E-state index in [1.165, 1.54) is 6.07 Å². The second-order valence-electron chi connectivity index (χ2n) is 3.61. The first-order chi connectivity index (χ1) is 7.13. The van der Waals surface area contributed by atoms with E-state index in [-0.39, 0.29) is 11.9 Å². The lowest BCUT2D eigenvalue weighted by molar-refractivity contribution is -0.703. The van der Waals surface area contributed by atoms with E-state index in [0.717, 1.165) is 12.1 Å². The van der Waals surface area contributed by atoms with Crippen LogP contribution in [0.15, 0.2) is 18.2 Å². The molecule has 0 aromatic heterocycles. The maximum atomic E-state index is 13.2. The molecule has 0 aliphatic rings. The molecule has 1 aromatic rings. The SMILES string of the molecule is COC[C@@H](C)[NH2+]Cc1cc(F)ccc1F. The summed E-state index contributed by atoms with van der Waals surface area (Å²) < 4.78 is 30.9. The van der Waals surface area contributed by atoms with Gasteiger partial charge in [0, 0.05) is 12.7 Å². The minimum absolute atomic E-state index is 0.234. The van der Waals surface area contributed by atoms with Crippen molar-refractivity contribution in [3.63, 3.8) is 0 Å². The summed E-state index contributed by atoms with van der Waals surface area (Å²) in [6, 6.07) is 3.74. The summed E-state index contributed by atoms with van der Waals surface area (Å²) in [5.74, 6) is -0.767. The van der Waals surface area contributed by atoms with Crippen molar-refractivity contribution < 1.29 is 18.8 Å². The van der Waals surface area contributed by atoms with Gasteiger partial charge in [-0.1, -0.05) is 0 Å². The number of hydrogen-bond acceptors (Lipinski definition) is 1. The lowest BCUT2D eigenvalue weighted by atomic mass is 10.2. The first-order valence-electron chi connectivity index (χ1n) is 4.89. The normalized spacial score (nSPS) is 12.8. The van der Waals surface area contributed by atoms with Crippen LogP contribution in [0, 0.1) is 11.6 Å². The van der Waals surface area contributed by atoms with Gasteiger partial charge in [0.15, 0.2) is 0 Å². The molecule has 0 aliphatic carbocycles. The van der Waals surface area contributed by atoms with Gasteiger partial charge in [0.25, 0.3) is 0 Å². The Kier molecular flexibility index (Phi) is 4.65. The van der Waals surface area contributed by atoms with Gasteiger partial charge in [0.05, 0.1) is 6.61 Å². The number of ether oxygens (including phenoxy) is 1. The quantitative estimate of drug-likeness (QED) is 0.782. The summed E-state index contributed by atoms with van der Waals surface area (Å²) in [5.41, 5.74) is 0.387. The standard InChI is InChI=1S/C11H15F2NO/c1-8(7-15-2)14-6-9-5-10(12)3-4-11(9)13/h3-5,8,14H,6-7H2,1-2H3/p+1/t8-/m1/s1. The van der Waals surface area contributed by atoms with Crippen molar-refractivity contribution in [3.8, 4) is 0 Å². The summed E-state index contributed by atoms with van der Waals surface area (Å²) in [6.07, 6.45) is 0. The zero-order chi connectivity index (χ0) is 11.3. The van der Waals surface area contributed by atoms with Gasteiger partial charge in [0.1, 0.15) is 24.2 Å². The molecule has 4 heteroatoms. The molecular formula is C11H16F2NO+. The molecule has 15 heavy (non-hydrogen) atoms. The molecule has 0 saturated heterocycles. The van der Waals surface area contributed by atoms with Crippen molar-refractivity contribution in [2.45, 2.75) is 19.5 Å². The lowest BCUT2D eigenvalue weighted by Gasteiger charge is -2.09. The van der Waals surface area contributed by atoms with Crippen molar-refractivity contribution >= 4 is 0 Å². The zero-order valence-electron chi connectivity index (χ0n) is 8.97. The molecule has 1 rings (SSSR count).